The van der Waals surface area contributed by atoms with Gasteiger partial charge < -0.3 is 0 Å². The fourth-order valence-electron chi connectivity index (χ4n) is 3.39. The Morgan fingerprint density at radius 2 is 1.31 bits per heavy atom. The van der Waals surface area contributed by atoms with E-state index < -0.39 is 40.7 Å². The van der Waals surface area contributed by atoms with Gasteiger partial charge in [0.15, 0.2) is 23.3 Å². The summed E-state index contributed by atoms with van der Waals surface area (Å²) >= 11 is 0. The number of anilines is 1. The van der Waals surface area contributed by atoms with Crippen molar-refractivity contribution in [3.05, 3.63) is 100 Å². The number of nitrogens with zero attached hydrogens (tertiary/aromatic N) is 2. The van der Waals surface area contributed by atoms with Crippen LogP contribution in [-0.2, 0) is 0 Å². The van der Waals surface area contributed by atoms with Crippen molar-refractivity contribution in [2.45, 2.75) is 19.4 Å². The molecule has 0 saturated carbocycles. The second-order valence-electron chi connectivity index (χ2n) is 6.80. The molecule has 4 rings (SSSR count). The Bertz CT molecular complexity index is 1070. The number of rotatable bonds is 3. The minimum absolute atomic E-state index is 0.0176. The van der Waals surface area contributed by atoms with Gasteiger partial charge in [-0.15, -0.1) is 0 Å². The molecule has 0 amide bonds. The van der Waals surface area contributed by atoms with E-state index in [1.54, 1.807) is 29.3 Å². The lowest BCUT2D eigenvalue weighted by atomic mass is 9.97. The summed E-state index contributed by atoms with van der Waals surface area (Å²) < 4.78 is 69.5. The van der Waals surface area contributed by atoms with Crippen LogP contribution in [0.3, 0.4) is 0 Å². The van der Waals surface area contributed by atoms with E-state index in [2.05, 4.69) is 5.10 Å². The summed E-state index contributed by atoms with van der Waals surface area (Å²) in [7, 11) is 0. The van der Waals surface area contributed by atoms with E-state index in [1.165, 1.54) is 0 Å². The summed E-state index contributed by atoms with van der Waals surface area (Å²) in [6.45, 7) is 1.91. The van der Waals surface area contributed by atoms with Crippen molar-refractivity contribution < 1.29 is 22.0 Å². The number of halogens is 5. The van der Waals surface area contributed by atoms with Crippen molar-refractivity contribution >= 4 is 11.4 Å². The summed E-state index contributed by atoms with van der Waals surface area (Å²) in [5, 5.41) is 5.81. The van der Waals surface area contributed by atoms with Gasteiger partial charge in [-0.3, -0.25) is 5.01 Å². The Kier molecular flexibility index (Phi) is 4.82. The largest absolute Gasteiger partial charge is 0.257 e. The van der Waals surface area contributed by atoms with Crippen LogP contribution in [0, 0.1) is 36.0 Å². The Hall–Kier alpha value is -3.22. The van der Waals surface area contributed by atoms with Crippen molar-refractivity contribution in [3.63, 3.8) is 0 Å². The zero-order chi connectivity index (χ0) is 20.7. The molecule has 0 fully saturated rings. The van der Waals surface area contributed by atoms with Crippen LogP contribution in [0.15, 0.2) is 59.7 Å². The fraction of sp³-hybridized carbons (Fsp3) is 0.136. The molecule has 0 saturated heterocycles. The third-order valence-corrected chi connectivity index (χ3v) is 4.89. The first-order valence-electron chi connectivity index (χ1n) is 8.88. The first-order valence-corrected chi connectivity index (χ1v) is 8.88. The van der Waals surface area contributed by atoms with Crippen LogP contribution in [-0.4, -0.2) is 5.71 Å². The molecule has 3 aromatic rings. The normalized spacial score (nSPS) is 16.3. The van der Waals surface area contributed by atoms with E-state index in [9.17, 15) is 22.0 Å². The van der Waals surface area contributed by atoms with E-state index in [0.29, 0.717) is 5.69 Å². The lowest BCUT2D eigenvalue weighted by Gasteiger charge is -2.24. The van der Waals surface area contributed by atoms with Gasteiger partial charge in [-0.1, -0.05) is 48.0 Å². The molecule has 7 heteroatoms. The number of hydrogen-bond acceptors (Lipinski definition) is 2. The van der Waals surface area contributed by atoms with Crippen LogP contribution < -0.4 is 5.01 Å². The van der Waals surface area contributed by atoms with Crippen LogP contribution >= 0.6 is 0 Å². The van der Waals surface area contributed by atoms with Crippen molar-refractivity contribution in [2.24, 2.45) is 5.10 Å². The van der Waals surface area contributed by atoms with Crippen LogP contribution in [0.5, 0.6) is 0 Å². The summed E-state index contributed by atoms with van der Waals surface area (Å²) in [6, 6.07) is 15.9. The molecule has 1 heterocycles. The molecule has 29 heavy (non-hydrogen) atoms. The molecule has 0 spiro atoms. The van der Waals surface area contributed by atoms with Gasteiger partial charge in [0, 0.05) is 6.42 Å². The van der Waals surface area contributed by atoms with E-state index in [-0.39, 0.29) is 12.1 Å². The quantitative estimate of drug-likeness (QED) is 0.296. The van der Waals surface area contributed by atoms with E-state index in [4.69, 9.17) is 0 Å². The summed E-state index contributed by atoms with van der Waals surface area (Å²) in [5.74, 6) is -9.90. The van der Waals surface area contributed by atoms with Crippen LogP contribution in [0.25, 0.3) is 0 Å². The second kappa shape index (κ2) is 7.31. The molecular formula is C22H15F5N2. The summed E-state index contributed by atoms with van der Waals surface area (Å²) in [5.41, 5.74) is 1.26. The molecule has 148 valence electrons. The SMILES string of the molecule is Cc1ccc(N2N=C(c3c(F)c(F)c(F)c(F)c3F)C[C@@H]2c2ccccc2)cc1. The minimum atomic E-state index is -2.18. The summed E-state index contributed by atoms with van der Waals surface area (Å²) in [6.07, 6.45) is -0.0176. The highest BCUT2D eigenvalue weighted by atomic mass is 19.2. The number of hydrogen-bond donors (Lipinski definition) is 0. The number of benzene rings is 3. The standard InChI is InChI=1S/C22H15F5N2/c1-12-7-9-14(10-8-12)29-16(13-5-3-2-4-6-13)11-15(28-29)17-18(23)20(25)22(27)21(26)19(17)24/h2-10,16H,11H2,1H3/t16-/m1/s1. The first kappa shape index (κ1) is 19.1. The third-order valence-electron chi connectivity index (χ3n) is 4.89. The zero-order valence-electron chi connectivity index (χ0n) is 15.3. The lowest BCUT2D eigenvalue weighted by molar-refractivity contribution is 0.377. The van der Waals surface area contributed by atoms with Crippen molar-refractivity contribution in [1.82, 2.24) is 0 Å². The molecule has 2 nitrogen and oxygen atoms in total. The molecule has 0 bridgehead atoms. The summed E-state index contributed by atoms with van der Waals surface area (Å²) in [4.78, 5) is 0. The predicted octanol–water partition coefficient (Wildman–Crippen LogP) is 6.05. The highest BCUT2D eigenvalue weighted by Gasteiger charge is 2.35. The van der Waals surface area contributed by atoms with Gasteiger partial charge in [0.25, 0.3) is 0 Å². The van der Waals surface area contributed by atoms with E-state index in [1.807, 2.05) is 37.3 Å². The smallest absolute Gasteiger partial charge is 0.200 e. The maximum Gasteiger partial charge on any atom is 0.200 e. The van der Waals surface area contributed by atoms with Gasteiger partial charge in [-0.2, -0.15) is 5.10 Å². The first-order chi connectivity index (χ1) is 13.9. The molecule has 1 aliphatic heterocycles. The van der Waals surface area contributed by atoms with Crippen LogP contribution in [0.2, 0.25) is 0 Å². The number of aryl methyl sites for hydroxylation is 1. The minimum Gasteiger partial charge on any atom is -0.257 e. The Morgan fingerprint density at radius 3 is 1.90 bits per heavy atom. The monoisotopic (exact) mass is 402 g/mol. The lowest BCUT2D eigenvalue weighted by Crippen LogP contribution is -2.18. The van der Waals surface area contributed by atoms with Gasteiger partial charge in [0.05, 0.1) is 23.0 Å². The highest BCUT2D eigenvalue weighted by molar-refractivity contribution is 6.03. The fourth-order valence-corrected chi connectivity index (χ4v) is 3.39. The van der Waals surface area contributed by atoms with Crippen molar-refractivity contribution in [1.29, 1.82) is 0 Å². The molecule has 1 atom stereocenters. The van der Waals surface area contributed by atoms with Crippen molar-refractivity contribution in [2.75, 3.05) is 5.01 Å². The molecule has 0 aliphatic carbocycles. The van der Waals surface area contributed by atoms with E-state index >= 15 is 0 Å². The Balaban J connectivity index is 1.86. The molecule has 1 aliphatic rings. The maximum absolute atomic E-state index is 14.3. The maximum atomic E-state index is 14.3. The third kappa shape index (κ3) is 3.26. The van der Waals surface area contributed by atoms with Gasteiger partial charge in [-0.25, -0.2) is 22.0 Å². The second-order valence-corrected chi connectivity index (χ2v) is 6.80. The average Bonchev–Trinajstić information content (AvgIpc) is 3.17. The molecule has 3 aromatic carbocycles. The molecule has 0 unspecified atom stereocenters. The zero-order valence-corrected chi connectivity index (χ0v) is 15.3. The topological polar surface area (TPSA) is 15.6 Å². The molecule has 0 aromatic heterocycles. The Morgan fingerprint density at radius 1 is 0.759 bits per heavy atom. The van der Waals surface area contributed by atoms with Gasteiger partial charge in [0.1, 0.15) is 0 Å². The van der Waals surface area contributed by atoms with Gasteiger partial charge >= 0.3 is 0 Å². The van der Waals surface area contributed by atoms with Crippen molar-refractivity contribution in [3.8, 4) is 0 Å². The average molecular weight is 402 g/mol. The highest BCUT2D eigenvalue weighted by Crippen LogP contribution is 2.38. The Labute approximate surface area is 163 Å². The number of hydrazone groups is 1. The van der Waals surface area contributed by atoms with Gasteiger partial charge in [0.2, 0.25) is 5.82 Å². The van der Waals surface area contributed by atoms with Crippen LogP contribution in [0.4, 0.5) is 27.6 Å². The molecule has 0 N–H and O–H groups in total. The van der Waals surface area contributed by atoms with Crippen LogP contribution in [0.1, 0.15) is 29.2 Å². The van der Waals surface area contributed by atoms with Gasteiger partial charge in [-0.05, 0) is 24.6 Å². The van der Waals surface area contributed by atoms with E-state index in [0.717, 1.165) is 11.1 Å². The predicted molar refractivity (Wildman–Crippen MR) is 100 cm³/mol. The molecule has 0 radical (unpaired) electrons. The molecular weight excluding hydrogens is 387 g/mol.